The fourth-order valence-electron chi connectivity index (χ4n) is 2.45. The van der Waals surface area contributed by atoms with Crippen LogP contribution < -0.4 is 5.32 Å². The van der Waals surface area contributed by atoms with Gasteiger partial charge in [0.2, 0.25) is 5.91 Å². The molecular formula is C19H18N4OS. The third-order valence-electron chi connectivity index (χ3n) is 3.45. The van der Waals surface area contributed by atoms with Crippen molar-refractivity contribution in [3.05, 3.63) is 66.0 Å². The third kappa shape index (κ3) is 4.87. The van der Waals surface area contributed by atoms with E-state index >= 15 is 0 Å². The van der Waals surface area contributed by atoms with Gasteiger partial charge in [0.25, 0.3) is 0 Å². The minimum Gasteiger partial charge on any atom is -0.325 e. The van der Waals surface area contributed by atoms with Gasteiger partial charge in [0.05, 0.1) is 11.4 Å². The van der Waals surface area contributed by atoms with Crippen LogP contribution in [0.4, 0.5) is 5.69 Å². The van der Waals surface area contributed by atoms with Crippen molar-refractivity contribution in [2.75, 3.05) is 11.1 Å². The molecule has 0 aliphatic rings. The number of thioether (sulfide) groups is 1. The summed E-state index contributed by atoms with van der Waals surface area (Å²) in [6.45, 7) is 4.02. The Morgan fingerprint density at radius 3 is 2.52 bits per heavy atom. The van der Waals surface area contributed by atoms with E-state index in [4.69, 9.17) is 0 Å². The van der Waals surface area contributed by atoms with E-state index in [0.717, 1.165) is 28.1 Å². The summed E-state index contributed by atoms with van der Waals surface area (Å²) in [5.74, 6) is 0.224. The van der Waals surface area contributed by atoms with Crippen molar-refractivity contribution in [3.63, 3.8) is 0 Å². The highest BCUT2D eigenvalue weighted by Gasteiger charge is 2.07. The molecule has 1 aromatic carbocycles. The van der Waals surface area contributed by atoms with Crippen LogP contribution in [0.3, 0.4) is 0 Å². The van der Waals surface area contributed by atoms with Gasteiger partial charge in [-0.1, -0.05) is 17.8 Å². The molecule has 0 saturated heterocycles. The molecule has 0 spiro atoms. The SMILES string of the molecule is Cc1cc(C)cc(NC(=O)CSc2ccc(-c3cccnc3)nn2)c1. The predicted molar refractivity (Wildman–Crippen MR) is 101 cm³/mol. The molecule has 3 rings (SSSR count). The molecule has 0 aliphatic heterocycles. The van der Waals surface area contributed by atoms with E-state index in [2.05, 4.69) is 26.6 Å². The Labute approximate surface area is 150 Å². The summed E-state index contributed by atoms with van der Waals surface area (Å²) in [6.07, 6.45) is 3.46. The Bertz CT molecular complexity index is 846. The van der Waals surface area contributed by atoms with Gasteiger partial charge in [0.1, 0.15) is 5.03 Å². The number of rotatable bonds is 5. The number of aromatic nitrogens is 3. The van der Waals surface area contributed by atoms with Gasteiger partial charge in [-0.2, -0.15) is 0 Å². The molecule has 2 heterocycles. The second kappa shape index (κ2) is 7.90. The molecule has 6 heteroatoms. The normalized spacial score (nSPS) is 10.5. The van der Waals surface area contributed by atoms with Crippen LogP contribution in [0.25, 0.3) is 11.3 Å². The molecule has 5 nitrogen and oxygen atoms in total. The average molecular weight is 350 g/mol. The van der Waals surface area contributed by atoms with Gasteiger partial charge in [-0.15, -0.1) is 10.2 Å². The quantitative estimate of drug-likeness (QED) is 0.707. The van der Waals surface area contributed by atoms with Gasteiger partial charge >= 0.3 is 0 Å². The summed E-state index contributed by atoms with van der Waals surface area (Å²) in [7, 11) is 0. The summed E-state index contributed by atoms with van der Waals surface area (Å²) in [4.78, 5) is 16.2. The van der Waals surface area contributed by atoms with Gasteiger partial charge in [-0.25, -0.2) is 0 Å². The highest BCUT2D eigenvalue weighted by Crippen LogP contribution is 2.20. The van der Waals surface area contributed by atoms with E-state index < -0.39 is 0 Å². The maximum atomic E-state index is 12.1. The third-order valence-corrected chi connectivity index (χ3v) is 4.37. The number of pyridine rings is 1. The lowest BCUT2D eigenvalue weighted by atomic mass is 10.1. The van der Waals surface area contributed by atoms with Crippen LogP contribution in [0.1, 0.15) is 11.1 Å². The lowest BCUT2D eigenvalue weighted by molar-refractivity contribution is -0.113. The van der Waals surface area contributed by atoms with Crippen molar-refractivity contribution in [1.82, 2.24) is 15.2 Å². The number of benzene rings is 1. The van der Waals surface area contributed by atoms with Gasteiger partial charge in [0.15, 0.2) is 0 Å². The molecule has 0 radical (unpaired) electrons. The minimum absolute atomic E-state index is 0.0619. The number of carbonyl (C=O) groups excluding carboxylic acids is 1. The second-order valence-corrected chi connectivity index (χ2v) is 6.71. The van der Waals surface area contributed by atoms with Crippen LogP contribution in [0.15, 0.2) is 59.9 Å². The largest absolute Gasteiger partial charge is 0.325 e. The molecule has 3 aromatic rings. The first-order valence-electron chi connectivity index (χ1n) is 7.85. The number of nitrogens with one attached hydrogen (secondary N) is 1. The molecule has 0 atom stereocenters. The van der Waals surface area contributed by atoms with Gasteiger partial charge < -0.3 is 5.32 Å². The van der Waals surface area contributed by atoms with E-state index in [-0.39, 0.29) is 11.7 Å². The lowest BCUT2D eigenvalue weighted by Gasteiger charge is -2.07. The zero-order chi connectivity index (χ0) is 17.6. The number of hydrogen-bond donors (Lipinski definition) is 1. The average Bonchev–Trinajstić information content (AvgIpc) is 2.60. The Hall–Kier alpha value is -2.73. The zero-order valence-electron chi connectivity index (χ0n) is 14.1. The van der Waals surface area contributed by atoms with Crippen LogP contribution in [-0.4, -0.2) is 26.8 Å². The van der Waals surface area contributed by atoms with Crippen molar-refractivity contribution in [2.24, 2.45) is 0 Å². The number of nitrogens with zero attached hydrogens (tertiary/aromatic N) is 3. The molecule has 0 unspecified atom stereocenters. The zero-order valence-corrected chi connectivity index (χ0v) is 14.9. The molecule has 25 heavy (non-hydrogen) atoms. The summed E-state index contributed by atoms with van der Waals surface area (Å²) in [5.41, 5.74) is 4.75. The van der Waals surface area contributed by atoms with Crippen LogP contribution in [0.5, 0.6) is 0 Å². The van der Waals surface area contributed by atoms with Gasteiger partial charge in [-0.3, -0.25) is 9.78 Å². The van der Waals surface area contributed by atoms with Gasteiger partial charge in [-0.05, 0) is 61.4 Å². The maximum absolute atomic E-state index is 12.1. The number of anilines is 1. The lowest BCUT2D eigenvalue weighted by Crippen LogP contribution is -2.14. The number of aryl methyl sites for hydroxylation is 2. The van der Waals surface area contributed by atoms with E-state index in [1.54, 1.807) is 12.4 Å². The van der Waals surface area contributed by atoms with Gasteiger partial charge in [0, 0.05) is 23.6 Å². The minimum atomic E-state index is -0.0619. The molecular weight excluding hydrogens is 332 g/mol. The standard InChI is InChI=1S/C19H18N4OS/c1-13-8-14(2)10-16(9-13)21-18(24)12-25-19-6-5-17(22-23-19)15-4-3-7-20-11-15/h3-11H,12H2,1-2H3,(H,21,24). The number of carbonyl (C=O) groups is 1. The van der Waals surface area contributed by atoms with Crippen molar-refractivity contribution in [2.45, 2.75) is 18.9 Å². The second-order valence-electron chi connectivity index (χ2n) is 5.71. The first-order chi connectivity index (χ1) is 12.1. The summed E-state index contributed by atoms with van der Waals surface area (Å²) < 4.78 is 0. The molecule has 0 fully saturated rings. The molecule has 126 valence electrons. The predicted octanol–water partition coefficient (Wildman–Crippen LogP) is 3.89. The summed E-state index contributed by atoms with van der Waals surface area (Å²) in [6, 6.07) is 13.5. The molecule has 0 bridgehead atoms. The molecule has 0 aliphatic carbocycles. The fourth-order valence-corrected chi connectivity index (χ4v) is 3.06. The Kier molecular flexibility index (Phi) is 5.40. The Morgan fingerprint density at radius 2 is 1.88 bits per heavy atom. The topological polar surface area (TPSA) is 67.8 Å². The monoisotopic (exact) mass is 350 g/mol. The molecule has 1 N–H and O–H groups in total. The molecule has 2 aromatic heterocycles. The fraction of sp³-hybridized carbons (Fsp3) is 0.158. The smallest absolute Gasteiger partial charge is 0.234 e. The van der Waals surface area contributed by atoms with E-state index in [1.165, 1.54) is 11.8 Å². The van der Waals surface area contributed by atoms with Crippen LogP contribution >= 0.6 is 11.8 Å². The van der Waals surface area contributed by atoms with Crippen LogP contribution in [0.2, 0.25) is 0 Å². The Balaban J connectivity index is 1.57. The summed E-state index contributed by atoms with van der Waals surface area (Å²) in [5, 5.41) is 12.0. The van der Waals surface area contributed by atoms with Crippen LogP contribution in [-0.2, 0) is 4.79 Å². The van der Waals surface area contributed by atoms with Crippen molar-refractivity contribution in [1.29, 1.82) is 0 Å². The first-order valence-corrected chi connectivity index (χ1v) is 8.84. The maximum Gasteiger partial charge on any atom is 0.234 e. The van der Waals surface area contributed by atoms with Crippen molar-refractivity contribution >= 4 is 23.4 Å². The molecule has 0 saturated carbocycles. The highest BCUT2D eigenvalue weighted by molar-refractivity contribution is 7.99. The number of amides is 1. The van der Waals surface area contributed by atoms with E-state index in [9.17, 15) is 4.79 Å². The van der Waals surface area contributed by atoms with E-state index in [1.807, 2.05) is 50.2 Å². The van der Waals surface area contributed by atoms with E-state index in [0.29, 0.717) is 5.03 Å². The van der Waals surface area contributed by atoms with Crippen molar-refractivity contribution in [3.8, 4) is 11.3 Å². The first kappa shape index (κ1) is 17.1. The highest BCUT2D eigenvalue weighted by atomic mass is 32.2. The molecule has 1 amide bonds. The van der Waals surface area contributed by atoms with Crippen molar-refractivity contribution < 1.29 is 4.79 Å². The van der Waals surface area contributed by atoms with Crippen LogP contribution in [0, 0.1) is 13.8 Å². The Morgan fingerprint density at radius 1 is 1.08 bits per heavy atom. The number of hydrogen-bond acceptors (Lipinski definition) is 5. The summed E-state index contributed by atoms with van der Waals surface area (Å²) >= 11 is 1.36.